The Morgan fingerprint density at radius 3 is 2.21 bits per heavy atom. The highest BCUT2D eigenvalue weighted by Crippen LogP contribution is 2.15. The summed E-state index contributed by atoms with van der Waals surface area (Å²) in [6.45, 7) is 5.42. The SMILES string of the molecule is NC(=S)c1ccc(F)c(CN2CCN(Cc3ccccc3)CC2)c1. The number of benzene rings is 2. The first-order chi connectivity index (χ1) is 11.6. The molecule has 3 rings (SSSR count). The van der Waals surface area contributed by atoms with Gasteiger partial charge >= 0.3 is 0 Å². The molecule has 1 aliphatic rings. The first-order valence-corrected chi connectivity index (χ1v) is 8.59. The minimum atomic E-state index is -0.193. The molecule has 126 valence electrons. The van der Waals surface area contributed by atoms with Crippen molar-refractivity contribution in [3.05, 3.63) is 71.0 Å². The molecule has 2 N–H and O–H groups in total. The summed E-state index contributed by atoms with van der Waals surface area (Å²) in [6.07, 6.45) is 0. The van der Waals surface area contributed by atoms with Crippen LogP contribution in [0, 0.1) is 5.82 Å². The minimum absolute atomic E-state index is 0.193. The fourth-order valence-electron chi connectivity index (χ4n) is 3.04. The van der Waals surface area contributed by atoms with Crippen LogP contribution in [-0.4, -0.2) is 41.0 Å². The Bertz CT molecular complexity index is 697. The van der Waals surface area contributed by atoms with Crippen LogP contribution in [0.1, 0.15) is 16.7 Å². The normalized spacial score (nSPS) is 16.2. The second-order valence-electron chi connectivity index (χ2n) is 6.21. The molecule has 1 heterocycles. The van der Waals surface area contributed by atoms with Gasteiger partial charge in [0, 0.05) is 50.4 Å². The third kappa shape index (κ3) is 4.38. The molecule has 2 aromatic carbocycles. The number of hydrogen-bond acceptors (Lipinski definition) is 3. The van der Waals surface area contributed by atoms with Crippen molar-refractivity contribution in [2.45, 2.75) is 13.1 Å². The number of hydrogen-bond donors (Lipinski definition) is 1. The molecule has 1 fully saturated rings. The van der Waals surface area contributed by atoms with Crippen LogP contribution in [0.4, 0.5) is 4.39 Å². The van der Waals surface area contributed by atoms with Gasteiger partial charge in [0.2, 0.25) is 0 Å². The number of nitrogens with zero attached hydrogens (tertiary/aromatic N) is 2. The van der Waals surface area contributed by atoms with Crippen LogP contribution in [0.2, 0.25) is 0 Å². The van der Waals surface area contributed by atoms with E-state index in [9.17, 15) is 4.39 Å². The zero-order valence-electron chi connectivity index (χ0n) is 13.6. The molecule has 0 saturated carbocycles. The molecule has 24 heavy (non-hydrogen) atoms. The van der Waals surface area contributed by atoms with E-state index in [1.54, 1.807) is 12.1 Å². The van der Waals surface area contributed by atoms with E-state index < -0.39 is 0 Å². The third-order valence-corrected chi connectivity index (χ3v) is 4.67. The van der Waals surface area contributed by atoms with Crippen molar-refractivity contribution < 1.29 is 4.39 Å². The molecule has 0 radical (unpaired) electrons. The Hall–Kier alpha value is -1.82. The van der Waals surface area contributed by atoms with Crippen molar-refractivity contribution in [2.75, 3.05) is 26.2 Å². The van der Waals surface area contributed by atoms with Gasteiger partial charge < -0.3 is 5.73 Å². The lowest BCUT2D eigenvalue weighted by molar-refractivity contribution is 0.121. The van der Waals surface area contributed by atoms with Crippen LogP contribution in [0.3, 0.4) is 0 Å². The number of rotatable bonds is 5. The van der Waals surface area contributed by atoms with E-state index in [1.807, 2.05) is 6.07 Å². The highest BCUT2D eigenvalue weighted by Gasteiger charge is 2.18. The first kappa shape index (κ1) is 17.0. The molecular formula is C19H22FN3S. The Kier molecular flexibility index (Phi) is 5.56. The van der Waals surface area contributed by atoms with E-state index in [0.29, 0.717) is 17.1 Å². The van der Waals surface area contributed by atoms with Gasteiger partial charge in [-0.05, 0) is 23.8 Å². The van der Waals surface area contributed by atoms with Crippen LogP contribution in [0.25, 0.3) is 0 Å². The number of nitrogens with two attached hydrogens (primary N) is 1. The van der Waals surface area contributed by atoms with Crippen LogP contribution in [0.5, 0.6) is 0 Å². The van der Waals surface area contributed by atoms with Gasteiger partial charge in [0.15, 0.2) is 0 Å². The second kappa shape index (κ2) is 7.83. The lowest BCUT2D eigenvalue weighted by Crippen LogP contribution is -2.45. The zero-order chi connectivity index (χ0) is 16.9. The topological polar surface area (TPSA) is 32.5 Å². The Morgan fingerprint density at radius 1 is 0.958 bits per heavy atom. The summed E-state index contributed by atoms with van der Waals surface area (Å²) in [7, 11) is 0. The molecule has 5 heteroatoms. The van der Waals surface area contributed by atoms with Gasteiger partial charge in [0.05, 0.1) is 0 Å². The van der Waals surface area contributed by atoms with Gasteiger partial charge in [0.25, 0.3) is 0 Å². The first-order valence-electron chi connectivity index (χ1n) is 8.18. The van der Waals surface area contributed by atoms with E-state index in [2.05, 4.69) is 34.1 Å². The smallest absolute Gasteiger partial charge is 0.127 e. The molecule has 3 nitrogen and oxygen atoms in total. The summed E-state index contributed by atoms with van der Waals surface area (Å²) in [6, 6.07) is 15.4. The summed E-state index contributed by atoms with van der Waals surface area (Å²) >= 11 is 4.98. The maximum absolute atomic E-state index is 14.0. The fraction of sp³-hybridized carbons (Fsp3) is 0.316. The van der Waals surface area contributed by atoms with Crippen LogP contribution >= 0.6 is 12.2 Å². The summed E-state index contributed by atoms with van der Waals surface area (Å²) in [5, 5.41) is 0. The molecule has 0 aromatic heterocycles. The summed E-state index contributed by atoms with van der Waals surface area (Å²) < 4.78 is 14.0. The Morgan fingerprint density at radius 2 is 1.58 bits per heavy atom. The standard InChI is InChI=1S/C19H22FN3S/c20-18-7-6-16(19(21)24)12-17(18)14-23-10-8-22(9-11-23)13-15-4-2-1-3-5-15/h1-7,12H,8-11,13-14H2,(H2,21,24). The maximum atomic E-state index is 14.0. The van der Waals surface area contributed by atoms with E-state index in [0.717, 1.165) is 38.3 Å². The molecule has 1 aliphatic heterocycles. The van der Waals surface area contributed by atoms with Gasteiger partial charge in [-0.25, -0.2) is 4.39 Å². The van der Waals surface area contributed by atoms with E-state index in [-0.39, 0.29) is 5.82 Å². The van der Waals surface area contributed by atoms with Crippen molar-refractivity contribution in [3.8, 4) is 0 Å². The average Bonchev–Trinajstić information content (AvgIpc) is 2.59. The summed E-state index contributed by atoms with van der Waals surface area (Å²) in [4.78, 5) is 5.03. The highest BCUT2D eigenvalue weighted by molar-refractivity contribution is 7.80. The lowest BCUT2D eigenvalue weighted by atomic mass is 10.1. The second-order valence-corrected chi connectivity index (χ2v) is 6.65. The minimum Gasteiger partial charge on any atom is -0.389 e. The van der Waals surface area contributed by atoms with Crippen molar-refractivity contribution in [3.63, 3.8) is 0 Å². The van der Waals surface area contributed by atoms with Crippen LogP contribution in [0.15, 0.2) is 48.5 Å². The summed E-state index contributed by atoms with van der Waals surface area (Å²) in [5.74, 6) is -0.193. The van der Waals surface area contributed by atoms with Gasteiger partial charge in [-0.1, -0.05) is 42.5 Å². The largest absolute Gasteiger partial charge is 0.389 e. The quantitative estimate of drug-likeness (QED) is 0.846. The maximum Gasteiger partial charge on any atom is 0.127 e. The van der Waals surface area contributed by atoms with E-state index in [4.69, 9.17) is 18.0 Å². The monoisotopic (exact) mass is 343 g/mol. The van der Waals surface area contributed by atoms with Gasteiger partial charge in [-0.3, -0.25) is 9.80 Å². The molecule has 0 aliphatic carbocycles. The van der Waals surface area contributed by atoms with Gasteiger partial charge in [-0.2, -0.15) is 0 Å². The van der Waals surface area contributed by atoms with Crippen molar-refractivity contribution in [2.24, 2.45) is 5.73 Å². The molecule has 1 saturated heterocycles. The van der Waals surface area contributed by atoms with Gasteiger partial charge in [0.1, 0.15) is 10.8 Å². The Labute approximate surface area is 147 Å². The fourth-order valence-corrected chi connectivity index (χ4v) is 3.16. The third-order valence-electron chi connectivity index (χ3n) is 4.44. The molecule has 0 atom stereocenters. The van der Waals surface area contributed by atoms with E-state index >= 15 is 0 Å². The molecule has 0 bridgehead atoms. The van der Waals surface area contributed by atoms with E-state index in [1.165, 1.54) is 11.6 Å². The average molecular weight is 343 g/mol. The summed E-state index contributed by atoms with van der Waals surface area (Å²) in [5.41, 5.74) is 8.37. The van der Waals surface area contributed by atoms with Crippen molar-refractivity contribution in [1.29, 1.82) is 0 Å². The number of halogens is 1. The number of piperazine rings is 1. The molecule has 0 amide bonds. The van der Waals surface area contributed by atoms with Crippen LogP contribution < -0.4 is 5.73 Å². The highest BCUT2D eigenvalue weighted by atomic mass is 32.1. The van der Waals surface area contributed by atoms with Crippen molar-refractivity contribution in [1.82, 2.24) is 9.80 Å². The lowest BCUT2D eigenvalue weighted by Gasteiger charge is -2.34. The Balaban J connectivity index is 1.56. The zero-order valence-corrected chi connectivity index (χ0v) is 14.4. The predicted octanol–water partition coefficient (Wildman–Crippen LogP) is 2.78. The molecular weight excluding hydrogens is 321 g/mol. The van der Waals surface area contributed by atoms with Gasteiger partial charge in [-0.15, -0.1) is 0 Å². The predicted molar refractivity (Wildman–Crippen MR) is 99.3 cm³/mol. The molecule has 2 aromatic rings. The van der Waals surface area contributed by atoms with Crippen LogP contribution in [-0.2, 0) is 13.1 Å². The molecule has 0 spiro atoms. The van der Waals surface area contributed by atoms with Crippen molar-refractivity contribution >= 4 is 17.2 Å². The molecule has 0 unspecified atom stereocenters. The number of thiocarbonyl (C=S) groups is 1.